The van der Waals surface area contributed by atoms with E-state index < -0.39 is 0 Å². The Bertz CT molecular complexity index is 472. The first-order valence-corrected chi connectivity index (χ1v) is 9.04. The lowest BCUT2D eigenvalue weighted by Gasteiger charge is -2.30. The molecular formula is C17H31N3OS. The Kier molecular flexibility index (Phi) is 7.49. The van der Waals surface area contributed by atoms with E-state index >= 15 is 0 Å². The standard InChI is InChI=1S/C17H31N3OS/c1-11(2)10-15-19-14(7)16(22-15)17(21)18-8-9-20(12(3)4)13(5)6/h11-13H,8-10H2,1-7H3,(H,18,21). The van der Waals surface area contributed by atoms with Gasteiger partial charge in [0.05, 0.1) is 10.7 Å². The highest BCUT2D eigenvalue weighted by atomic mass is 32.1. The highest BCUT2D eigenvalue weighted by Crippen LogP contribution is 2.20. The molecule has 1 rings (SSSR count). The zero-order valence-corrected chi connectivity index (χ0v) is 15.9. The second-order valence-corrected chi connectivity index (χ2v) is 7.88. The zero-order chi connectivity index (χ0) is 16.9. The second kappa shape index (κ2) is 8.63. The summed E-state index contributed by atoms with van der Waals surface area (Å²) in [5.41, 5.74) is 0.850. The topological polar surface area (TPSA) is 45.2 Å². The zero-order valence-electron chi connectivity index (χ0n) is 15.1. The van der Waals surface area contributed by atoms with E-state index in [1.54, 1.807) is 0 Å². The van der Waals surface area contributed by atoms with Crippen molar-refractivity contribution in [1.82, 2.24) is 15.2 Å². The van der Waals surface area contributed by atoms with Crippen molar-refractivity contribution in [3.05, 3.63) is 15.6 Å². The SMILES string of the molecule is Cc1nc(CC(C)C)sc1C(=O)NCCN(C(C)C)C(C)C. The second-order valence-electron chi connectivity index (χ2n) is 6.80. The van der Waals surface area contributed by atoms with Crippen molar-refractivity contribution < 1.29 is 4.79 Å². The summed E-state index contributed by atoms with van der Waals surface area (Å²) in [6, 6.07) is 0.972. The van der Waals surface area contributed by atoms with Crippen molar-refractivity contribution in [2.24, 2.45) is 5.92 Å². The van der Waals surface area contributed by atoms with Crippen LogP contribution in [0.5, 0.6) is 0 Å². The van der Waals surface area contributed by atoms with E-state index in [-0.39, 0.29) is 5.91 Å². The average molecular weight is 326 g/mol. The van der Waals surface area contributed by atoms with Gasteiger partial charge in [0.15, 0.2) is 0 Å². The number of aromatic nitrogens is 1. The van der Waals surface area contributed by atoms with E-state index in [9.17, 15) is 4.79 Å². The van der Waals surface area contributed by atoms with E-state index in [0.29, 0.717) is 24.5 Å². The van der Waals surface area contributed by atoms with Crippen LogP contribution < -0.4 is 5.32 Å². The number of nitrogens with zero attached hydrogens (tertiary/aromatic N) is 2. The van der Waals surface area contributed by atoms with Crippen LogP contribution in [-0.2, 0) is 6.42 Å². The van der Waals surface area contributed by atoms with Crippen LogP contribution in [0, 0.1) is 12.8 Å². The van der Waals surface area contributed by atoms with Gasteiger partial charge in [0.1, 0.15) is 4.88 Å². The number of aryl methyl sites for hydroxylation is 1. The van der Waals surface area contributed by atoms with Gasteiger partial charge in [-0.05, 0) is 40.5 Å². The molecule has 1 heterocycles. The first-order valence-electron chi connectivity index (χ1n) is 8.22. The van der Waals surface area contributed by atoms with E-state index in [4.69, 9.17) is 0 Å². The number of thiazole rings is 1. The van der Waals surface area contributed by atoms with Gasteiger partial charge in [-0.2, -0.15) is 0 Å². The van der Waals surface area contributed by atoms with Crippen LogP contribution >= 0.6 is 11.3 Å². The van der Waals surface area contributed by atoms with Crippen molar-refractivity contribution in [2.75, 3.05) is 13.1 Å². The molecule has 0 saturated carbocycles. The molecule has 0 bridgehead atoms. The lowest BCUT2D eigenvalue weighted by molar-refractivity contribution is 0.0942. The molecule has 4 nitrogen and oxygen atoms in total. The fourth-order valence-electron chi connectivity index (χ4n) is 2.59. The molecule has 0 aliphatic rings. The van der Waals surface area contributed by atoms with Crippen LogP contribution in [0.1, 0.15) is 61.9 Å². The minimum Gasteiger partial charge on any atom is -0.350 e. The van der Waals surface area contributed by atoms with Gasteiger partial charge in [0.2, 0.25) is 0 Å². The minimum absolute atomic E-state index is 0.0115. The van der Waals surface area contributed by atoms with Gasteiger partial charge >= 0.3 is 0 Å². The number of hydrogen-bond donors (Lipinski definition) is 1. The Balaban J connectivity index is 2.57. The summed E-state index contributed by atoms with van der Waals surface area (Å²) in [6.07, 6.45) is 0.938. The molecule has 1 aromatic rings. The van der Waals surface area contributed by atoms with Gasteiger partial charge in [0, 0.05) is 31.6 Å². The molecule has 1 aromatic heterocycles. The molecule has 0 fully saturated rings. The first kappa shape index (κ1) is 19.1. The molecule has 0 aromatic carbocycles. The molecule has 0 aliphatic carbocycles. The largest absolute Gasteiger partial charge is 0.350 e. The van der Waals surface area contributed by atoms with Gasteiger partial charge in [0.25, 0.3) is 5.91 Å². The Morgan fingerprint density at radius 3 is 2.27 bits per heavy atom. The number of amides is 1. The Hall–Kier alpha value is -0.940. The molecule has 0 unspecified atom stereocenters. The summed E-state index contributed by atoms with van der Waals surface area (Å²) in [5.74, 6) is 0.574. The van der Waals surface area contributed by atoms with Gasteiger partial charge < -0.3 is 5.32 Å². The predicted octanol–water partition coefficient (Wildman–Crippen LogP) is 3.50. The van der Waals surface area contributed by atoms with Gasteiger partial charge in [-0.3, -0.25) is 9.69 Å². The molecule has 22 heavy (non-hydrogen) atoms. The van der Waals surface area contributed by atoms with E-state index in [2.05, 4.69) is 56.7 Å². The molecule has 126 valence electrons. The summed E-state index contributed by atoms with van der Waals surface area (Å²) in [5, 5.41) is 4.10. The molecule has 0 atom stereocenters. The highest BCUT2D eigenvalue weighted by Gasteiger charge is 2.17. The van der Waals surface area contributed by atoms with Crippen molar-refractivity contribution in [1.29, 1.82) is 0 Å². The Morgan fingerprint density at radius 1 is 1.18 bits per heavy atom. The number of carbonyl (C=O) groups is 1. The molecule has 1 N–H and O–H groups in total. The van der Waals surface area contributed by atoms with Crippen LogP contribution in [0.2, 0.25) is 0 Å². The molecule has 0 aliphatic heterocycles. The number of nitrogens with one attached hydrogen (secondary N) is 1. The summed E-state index contributed by atoms with van der Waals surface area (Å²) in [4.78, 5) is 20.0. The Morgan fingerprint density at radius 2 is 1.77 bits per heavy atom. The summed E-state index contributed by atoms with van der Waals surface area (Å²) in [6.45, 7) is 16.6. The number of carbonyl (C=O) groups excluding carboxylic acids is 1. The van der Waals surface area contributed by atoms with Crippen molar-refractivity contribution in [2.45, 2.75) is 67.0 Å². The maximum atomic E-state index is 12.3. The average Bonchev–Trinajstić information content (AvgIpc) is 2.73. The lowest BCUT2D eigenvalue weighted by Crippen LogP contribution is -2.42. The maximum absolute atomic E-state index is 12.3. The molecular weight excluding hydrogens is 294 g/mol. The summed E-state index contributed by atoms with van der Waals surface area (Å²) in [7, 11) is 0. The monoisotopic (exact) mass is 325 g/mol. The molecule has 1 amide bonds. The van der Waals surface area contributed by atoms with Crippen molar-refractivity contribution >= 4 is 17.2 Å². The fourth-order valence-corrected chi connectivity index (χ4v) is 3.78. The van der Waals surface area contributed by atoms with E-state index in [0.717, 1.165) is 28.5 Å². The smallest absolute Gasteiger partial charge is 0.263 e. The lowest BCUT2D eigenvalue weighted by atomic mass is 10.1. The molecule has 0 radical (unpaired) electrons. The minimum atomic E-state index is 0.0115. The highest BCUT2D eigenvalue weighted by molar-refractivity contribution is 7.13. The quantitative estimate of drug-likeness (QED) is 0.795. The normalized spacial score (nSPS) is 12.0. The maximum Gasteiger partial charge on any atom is 0.263 e. The van der Waals surface area contributed by atoms with Gasteiger partial charge in [-0.1, -0.05) is 13.8 Å². The van der Waals surface area contributed by atoms with Crippen LogP contribution in [-0.4, -0.2) is 41.0 Å². The predicted molar refractivity (Wildman–Crippen MR) is 94.7 cm³/mol. The third-order valence-corrected chi connectivity index (χ3v) is 4.79. The molecule has 5 heteroatoms. The fraction of sp³-hybridized carbons (Fsp3) is 0.765. The van der Waals surface area contributed by atoms with Crippen LogP contribution in [0.25, 0.3) is 0 Å². The summed E-state index contributed by atoms with van der Waals surface area (Å²) < 4.78 is 0. The third-order valence-electron chi connectivity index (χ3n) is 3.61. The molecule has 0 spiro atoms. The van der Waals surface area contributed by atoms with Crippen LogP contribution in [0.3, 0.4) is 0 Å². The van der Waals surface area contributed by atoms with Crippen molar-refractivity contribution in [3.8, 4) is 0 Å². The third kappa shape index (κ3) is 5.69. The van der Waals surface area contributed by atoms with Crippen LogP contribution in [0.4, 0.5) is 0 Å². The number of rotatable bonds is 8. The van der Waals surface area contributed by atoms with Gasteiger partial charge in [-0.15, -0.1) is 11.3 Å². The van der Waals surface area contributed by atoms with Crippen LogP contribution in [0.15, 0.2) is 0 Å². The Labute approximate surface area is 139 Å². The van der Waals surface area contributed by atoms with E-state index in [1.807, 2.05) is 6.92 Å². The van der Waals surface area contributed by atoms with Crippen molar-refractivity contribution in [3.63, 3.8) is 0 Å². The van der Waals surface area contributed by atoms with E-state index in [1.165, 1.54) is 11.3 Å². The van der Waals surface area contributed by atoms with Gasteiger partial charge in [-0.25, -0.2) is 4.98 Å². The molecule has 0 saturated heterocycles. The number of hydrogen-bond acceptors (Lipinski definition) is 4. The first-order chi connectivity index (χ1) is 10.2. The summed E-state index contributed by atoms with van der Waals surface area (Å²) >= 11 is 1.53.